The van der Waals surface area contributed by atoms with E-state index < -0.39 is 28.3 Å². The fourth-order valence-electron chi connectivity index (χ4n) is 3.75. The molecule has 1 aliphatic rings. The maximum atomic E-state index is 13.5. The number of amides is 1. The van der Waals surface area contributed by atoms with Gasteiger partial charge in [-0.1, -0.05) is 36.4 Å². The predicted molar refractivity (Wildman–Crippen MR) is 116 cm³/mol. The summed E-state index contributed by atoms with van der Waals surface area (Å²) in [6, 6.07) is 15.2. The number of halogens is 1. The van der Waals surface area contributed by atoms with Crippen molar-refractivity contribution in [3.63, 3.8) is 0 Å². The van der Waals surface area contributed by atoms with Crippen LogP contribution in [-0.2, 0) is 27.7 Å². The third-order valence-electron chi connectivity index (χ3n) is 5.09. The molecule has 6 nitrogen and oxygen atoms in total. The summed E-state index contributed by atoms with van der Waals surface area (Å²) < 4.78 is 38.5. The van der Waals surface area contributed by atoms with E-state index in [4.69, 9.17) is 0 Å². The molecule has 154 valence electrons. The van der Waals surface area contributed by atoms with Gasteiger partial charge in [0.25, 0.3) is 5.91 Å². The van der Waals surface area contributed by atoms with Crippen molar-refractivity contribution in [3.8, 4) is 0 Å². The molecular weight excluding hydrogens is 405 g/mol. The average molecular weight is 425 g/mol. The highest BCUT2D eigenvalue weighted by Gasteiger charge is 2.21. The third kappa shape index (κ3) is 4.04. The highest BCUT2D eigenvalue weighted by atomic mass is 32.2. The van der Waals surface area contributed by atoms with E-state index in [0.29, 0.717) is 0 Å². The van der Waals surface area contributed by atoms with Gasteiger partial charge in [0.15, 0.2) is 0 Å². The van der Waals surface area contributed by atoms with Crippen molar-refractivity contribution in [3.05, 3.63) is 77.1 Å². The first-order valence-corrected chi connectivity index (χ1v) is 11.3. The zero-order valence-electron chi connectivity index (χ0n) is 16.3. The van der Waals surface area contributed by atoms with E-state index in [1.54, 1.807) is 6.21 Å². The van der Waals surface area contributed by atoms with Gasteiger partial charge in [-0.2, -0.15) is 5.10 Å². The second-order valence-electron chi connectivity index (χ2n) is 7.20. The Bertz CT molecular complexity index is 1260. The number of aryl methyl sites for hydroxylation is 2. The van der Waals surface area contributed by atoms with Crippen LogP contribution in [0, 0.1) is 5.82 Å². The van der Waals surface area contributed by atoms with E-state index in [2.05, 4.69) is 22.7 Å². The largest absolute Gasteiger partial charge is 0.271 e. The minimum atomic E-state index is -3.78. The SMILES string of the molecule is CS(=O)(=O)N(CC(=O)N/N=C\c1ccc2c3c(cccc13)CC2)c1cccc(F)c1. The number of sulfonamides is 1. The van der Waals surface area contributed by atoms with E-state index in [1.165, 1.54) is 34.7 Å². The first-order chi connectivity index (χ1) is 14.3. The van der Waals surface area contributed by atoms with Crippen LogP contribution >= 0.6 is 0 Å². The summed E-state index contributed by atoms with van der Waals surface area (Å²) in [5, 5.41) is 6.30. The van der Waals surface area contributed by atoms with Gasteiger partial charge in [0, 0.05) is 5.56 Å². The number of hydrogen-bond acceptors (Lipinski definition) is 4. The van der Waals surface area contributed by atoms with Crippen LogP contribution in [0.25, 0.3) is 10.8 Å². The number of carbonyl (C=O) groups is 1. The predicted octanol–water partition coefficient (Wildman–Crippen LogP) is 2.99. The number of rotatable bonds is 6. The molecule has 3 aromatic rings. The summed E-state index contributed by atoms with van der Waals surface area (Å²) >= 11 is 0. The van der Waals surface area contributed by atoms with E-state index in [9.17, 15) is 17.6 Å². The lowest BCUT2D eigenvalue weighted by molar-refractivity contribution is -0.119. The highest BCUT2D eigenvalue weighted by molar-refractivity contribution is 7.92. The number of anilines is 1. The van der Waals surface area contributed by atoms with Crippen LogP contribution in [-0.4, -0.2) is 33.3 Å². The number of benzene rings is 3. The molecule has 0 atom stereocenters. The van der Waals surface area contributed by atoms with E-state index in [0.717, 1.165) is 40.4 Å². The summed E-state index contributed by atoms with van der Waals surface area (Å²) in [4.78, 5) is 12.3. The summed E-state index contributed by atoms with van der Waals surface area (Å²) in [5.41, 5.74) is 5.91. The van der Waals surface area contributed by atoms with E-state index in [-0.39, 0.29) is 5.69 Å². The summed E-state index contributed by atoms with van der Waals surface area (Å²) in [7, 11) is -3.78. The van der Waals surface area contributed by atoms with Gasteiger partial charge in [0.05, 0.1) is 18.2 Å². The van der Waals surface area contributed by atoms with Crippen molar-refractivity contribution < 1.29 is 17.6 Å². The van der Waals surface area contributed by atoms with E-state index >= 15 is 0 Å². The quantitative estimate of drug-likeness (QED) is 0.487. The molecule has 8 heteroatoms. The molecule has 0 bridgehead atoms. The monoisotopic (exact) mass is 425 g/mol. The van der Waals surface area contributed by atoms with E-state index in [1.807, 2.05) is 18.2 Å². The Hall–Kier alpha value is -3.26. The van der Waals surface area contributed by atoms with Crippen molar-refractivity contribution in [1.29, 1.82) is 0 Å². The lowest BCUT2D eigenvalue weighted by atomic mass is 10.0. The Morgan fingerprint density at radius 3 is 2.60 bits per heavy atom. The van der Waals surface area contributed by atoms with Crippen LogP contribution in [0.4, 0.5) is 10.1 Å². The second kappa shape index (κ2) is 7.87. The molecule has 0 aliphatic heterocycles. The molecule has 3 aromatic carbocycles. The smallest absolute Gasteiger partial charge is 0.260 e. The molecule has 1 N–H and O–H groups in total. The second-order valence-corrected chi connectivity index (χ2v) is 9.10. The Balaban J connectivity index is 1.51. The number of nitrogens with one attached hydrogen (secondary N) is 1. The van der Waals surface area contributed by atoms with Crippen LogP contribution < -0.4 is 9.73 Å². The topological polar surface area (TPSA) is 78.8 Å². The zero-order valence-corrected chi connectivity index (χ0v) is 17.1. The molecule has 0 saturated heterocycles. The first kappa shape index (κ1) is 20.0. The maximum Gasteiger partial charge on any atom is 0.260 e. The molecule has 0 aromatic heterocycles. The van der Waals surface area contributed by atoms with Gasteiger partial charge in [-0.05, 0) is 52.9 Å². The summed E-state index contributed by atoms with van der Waals surface area (Å²) in [6.07, 6.45) is 4.55. The normalized spacial score (nSPS) is 13.1. The van der Waals surface area contributed by atoms with Crippen molar-refractivity contribution in [2.24, 2.45) is 5.10 Å². The van der Waals surface area contributed by atoms with Crippen LogP contribution in [0.2, 0.25) is 0 Å². The van der Waals surface area contributed by atoms with Gasteiger partial charge in [-0.15, -0.1) is 0 Å². The Morgan fingerprint density at radius 1 is 1.13 bits per heavy atom. The molecular formula is C22H20FN3O3S. The van der Waals surface area contributed by atoms with Crippen molar-refractivity contribution in [2.45, 2.75) is 12.8 Å². The van der Waals surface area contributed by atoms with Gasteiger partial charge in [-0.25, -0.2) is 18.2 Å². The lowest BCUT2D eigenvalue weighted by Gasteiger charge is -2.21. The van der Waals surface area contributed by atoms with Gasteiger partial charge in [0.2, 0.25) is 10.0 Å². The third-order valence-corrected chi connectivity index (χ3v) is 6.23. The Labute approximate surface area is 174 Å². The van der Waals surface area contributed by atoms with Crippen LogP contribution in [0.15, 0.2) is 59.7 Å². The highest BCUT2D eigenvalue weighted by Crippen LogP contribution is 2.32. The maximum absolute atomic E-state index is 13.5. The average Bonchev–Trinajstić information content (AvgIpc) is 3.12. The van der Waals surface area contributed by atoms with Gasteiger partial charge in [0.1, 0.15) is 12.4 Å². The fraction of sp³-hybridized carbons (Fsp3) is 0.182. The summed E-state index contributed by atoms with van der Waals surface area (Å²) in [6.45, 7) is -0.510. The molecule has 0 heterocycles. The number of carbonyl (C=O) groups excluding carboxylic acids is 1. The molecule has 0 unspecified atom stereocenters. The molecule has 4 rings (SSSR count). The van der Waals surface area contributed by atoms with Gasteiger partial charge in [-0.3, -0.25) is 9.10 Å². The van der Waals surface area contributed by atoms with Crippen molar-refractivity contribution in [1.82, 2.24) is 5.43 Å². The van der Waals surface area contributed by atoms with Crippen molar-refractivity contribution in [2.75, 3.05) is 17.1 Å². The number of hydrazone groups is 1. The van der Waals surface area contributed by atoms with Crippen LogP contribution in [0.5, 0.6) is 0 Å². The van der Waals surface area contributed by atoms with Gasteiger partial charge >= 0.3 is 0 Å². The Morgan fingerprint density at radius 2 is 1.87 bits per heavy atom. The van der Waals surface area contributed by atoms with Gasteiger partial charge < -0.3 is 0 Å². The standard InChI is InChI=1S/C22H20FN3O3S/c1-30(28,29)26(19-6-3-5-18(23)12-19)14-21(27)25-24-13-17-11-10-16-9-8-15-4-2-7-20(17)22(15)16/h2-7,10-13H,8-9,14H2,1H3,(H,25,27)/b24-13-. The number of hydrogen-bond donors (Lipinski definition) is 1. The molecule has 1 aliphatic carbocycles. The minimum absolute atomic E-state index is 0.0733. The molecule has 30 heavy (non-hydrogen) atoms. The zero-order chi connectivity index (χ0) is 21.3. The molecule has 0 fully saturated rings. The number of nitrogens with zero attached hydrogens (tertiary/aromatic N) is 2. The van der Waals surface area contributed by atoms with Crippen LogP contribution in [0.1, 0.15) is 16.7 Å². The molecule has 0 spiro atoms. The molecule has 0 saturated carbocycles. The fourth-order valence-corrected chi connectivity index (χ4v) is 4.60. The Kier molecular flexibility index (Phi) is 5.26. The van der Waals surface area contributed by atoms with Crippen LogP contribution in [0.3, 0.4) is 0 Å². The lowest BCUT2D eigenvalue weighted by Crippen LogP contribution is -2.39. The molecule has 1 amide bonds. The summed E-state index contributed by atoms with van der Waals surface area (Å²) in [5.74, 6) is -1.22. The van der Waals surface area contributed by atoms with Crippen molar-refractivity contribution >= 4 is 38.6 Å². The molecule has 0 radical (unpaired) electrons. The minimum Gasteiger partial charge on any atom is -0.271 e. The first-order valence-electron chi connectivity index (χ1n) is 9.41.